The topological polar surface area (TPSA) is 112 Å². The zero-order chi connectivity index (χ0) is 21.5. The van der Waals surface area contributed by atoms with Crippen molar-refractivity contribution in [1.29, 1.82) is 0 Å². The Morgan fingerprint density at radius 1 is 1.30 bits per heavy atom. The van der Waals surface area contributed by atoms with Crippen molar-refractivity contribution in [3.8, 4) is 0 Å². The Kier molecular flexibility index (Phi) is 8.09. The molecule has 0 saturated carbocycles. The number of aryl methyl sites for hydroxylation is 1. The number of anilines is 2. The quantitative estimate of drug-likeness (QED) is 0.289. The van der Waals surface area contributed by atoms with Crippen molar-refractivity contribution >= 4 is 46.6 Å². The predicted octanol–water partition coefficient (Wildman–Crippen LogP) is 3.41. The van der Waals surface area contributed by atoms with Crippen molar-refractivity contribution in [2.75, 3.05) is 36.8 Å². The molecule has 1 aromatic heterocycles. The number of rotatable bonds is 7. The van der Waals surface area contributed by atoms with Crippen LogP contribution in [0.1, 0.15) is 25.0 Å². The van der Waals surface area contributed by atoms with E-state index in [0.29, 0.717) is 21.6 Å². The Labute approximate surface area is 186 Å². The molecule has 0 spiro atoms. The van der Waals surface area contributed by atoms with Gasteiger partial charge in [0.2, 0.25) is 5.96 Å². The molecule has 0 bridgehead atoms. The van der Waals surface area contributed by atoms with Gasteiger partial charge in [-0.2, -0.15) is 9.98 Å². The number of aliphatic hydroxyl groups is 1. The molecule has 1 atom stereocenters. The van der Waals surface area contributed by atoms with Crippen LogP contribution in [0.5, 0.6) is 0 Å². The molecule has 30 heavy (non-hydrogen) atoms. The van der Waals surface area contributed by atoms with Crippen molar-refractivity contribution in [3.05, 3.63) is 40.0 Å². The molecule has 2 heterocycles. The first kappa shape index (κ1) is 22.6. The number of nitrogens with one attached hydrogen (secondary N) is 2. The summed E-state index contributed by atoms with van der Waals surface area (Å²) in [4.78, 5) is 15.3. The third kappa shape index (κ3) is 6.98. The van der Waals surface area contributed by atoms with Crippen LogP contribution in [0.15, 0.2) is 29.3 Å². The van der Waals surface area contributed by atoms with Crippen LogP contribution in [0.3, 0.4) is 0 Å². The number of guanidine groups is 1. The second-order valence-electron chi connectivity index (χ2n) is 7.32. The molecule has 2 aromatic rings. The highest BCUT2D eigenvalue weighted by molar-refractivity contribution is 6.42. The van der Waals surface area contributed by atoms with Crippen molar-refractivity contribution < 1.29 is 5.11 Å². The van der Waals surface area contributed by atoms with E-state index < -0.39 is 0 Å². The number of aliphatic imine (C=N–C) groups is 1. The molecular formula is C20H27Cl2N7O. The van der Waals surface area contributed by atoms with Gasteiger partial charge in [0.05, 0.1) is 16.1 Å². The number of aromatic nitrogens is 2. The summed E-state index contributed by atoms with van der Waals surface area (Å²) in [6.45, 7) is 5.40. The monoisotopic (exact) mass is 451 g/mol. The molecule has 1 fully saturated rings. The third-order valence-electron chi connectivity index (χ3n) is 4.69. The van der Waals surface area contributed by atoms with E-state index in [1.807, 2.05) is 13.0 Å². The summed E-state index contributed by atoms with van der Waals surface area (Å²) in [5.41, 5.74) is 7.43. The highest BCUT2D eigenvalue weighted by atomic mass is 35.5. The minimum absolute atomic E-state index is 0.147. The maximum atomic E-state index is 9.75. The minimum atomic E-state index is -0.195. The molecule has 1 saturated heterocycles. The Hall–Kier alpha value is -2.13. The van der Waals surface area contributed by atoms with Crippen molar-refractivity contribution in [2.24, 2.45) is 10.7 Å². The Bertz CT molecular complexity index is 893. The van der Waals surface area contributed by atoms with E-state index in [2.05, 4.69) is 30.5 Å². The fourth-order valence-corrected chi connectivity index (χ4v) is 3.60. The van der Waals surface area contributed by atoms with E-state index in [-0.39, 0.29) is 18.0 Å². The summed E-state index contributed by atoms with van der Waals surface area (Å²) >= 11 is 11.9. The van der Waals surface area contributed by atoms with Crippen molar-refractivity contribution in [1.82, 2.24) is 14.9 Å². The van der Waals surface area contributed by atoms with Crippen LogP contribution >= 0.6 is 23.2 Å². The first-order valence-corrected chi connectivity index (χ1v) is 10.7. The molecule has 162 valence electrons. The van der Waals surface area contributed by atoms with Gasteiger partial charge >= 0.3 is 0 Å². The molecule has 0 amide bonds. The van der Waals surface area contributed by atoms with E-state index in [9.17, 15) is 5.11 Å². The van der Waals surface area contributed by atoms with Crippen LogP contribution in [0.4, 0.5) is 17.5 Å². The summed E-state index contributed by atoms with van der Waals surface area (Å²) in [5, 5.41) is 16.9. The lowest BCUT2D eigenvalue weighted by Crippen LogP contribution is -2.39. The predicted molar refractivity (Wildman–Crippen MR) is 123 cm³/mol. The standard InChI is InChI=1S/C20H27Cl2N7O/c1-13-10-18(24-7-3-9-29-8-2-4-15(30)12-29)27-20(25-13)28-19(23)26-14-5-6-16(21)17(22)11-14/h5-6,10-11,15,30H,2-4,7-9,12H2,1H3,(H4,23,24,25,26,27,28). The van der Waals surface area contributed by atoms with Crippen molar-refractivity contribution in [3.63, 3.8) is 0 Å². The van der Waals surface area contributed by atoms with Gasteiger partial charge in [-0.15, -0.1) is 0 Å². The lowest BCUT2D eigenvalue weighted by atomic mass is 10.1. The first-order chi connectivity index (χ1) is 14.4. The molecule has 10 heteroatoms. The van der Waals surface area contributed by atoms with E-state index >= 15 is 0 Å². The molecule has 1 aliphatic heterocycles. The van der Waals surface area contributed by atoms with E-state index in [4.69, 9.17) is 28.9 Å². The van der Waals surface area contributed by atoms with Gasteiger partial charge in [-0.1, -0.05) is 23.2 Å². The largest absolute Gasteiger partial charge is 0.392 e. The Morgan fingerprint density at radius 2 is 2.13 bits per heavy atom. The number of hydrogen-bond donors (Lipinski definition) is 4. The fourth-order valence-electron chi connectivity index (χ4n) is 3.30. The second-order valence-corrected chi connectivity index (χ2v) is 8.14. The van der Waals surface area contributed by atoms with Crippen LogP contribution in [-0.2, 0) is 0 Å². The average molecular weight is 452 g/mol. The van der Waals surface area contributed by atoms with Crippen LogP contribution in [0.25, 0.3) is 0 Å². The van der Waals surface area contributed by atoms with Gasteiger partial charge in [-0.3, -0.25) is 0 Å². The van der Waals surface area contributed by atoms with Crippen molar-refractivity contribution in [2.45, 2.75) is 32.3 Å². The SMILES string of the molecule is Cc1cc(NCCCN2CCCC(O)C2)nc(N=C(N)Nc2ccc(Cl)c(Cl)c2)n1. The fraction of sp³-hybridized carbons (Fsp3) is 0.450. The van der Waals surface area contributed by atoms with Gasteiger partial charge in [0.1, 0.15) is 5.82 Å². The maximum absolute atomic E-state index is 9.75. The molecule has 3 rings (SSSR count). The molecule has 0 aliphatic carbocycles. The summed E-state index contributed by atoms with van der Waals surface area (Å²) < 4.78 is 0. The molecule has 5 N–H and O–H groups in total. The van der Waals surface area contributed by atoms with Crippen LogP contribution in [0, 0.1) is 6.92 Å². The van der Waals surface area contributed by atoms with E-state index in [1.165, 1.54) is 0 Å². The number of likely N-dealkylation sites (tertiary alicyclic amines) is 1. The highest BCUT2D eigenvalue weighted by Gasteiger charge is 2.16. The van der Waals surface area contributed by atoms with E-state index in [1.54, 1.807) is 18.2 Å². The normalized spacial score (nSPS) is 17.7. The Morgan fingerprint density at radius 3 is 2.90 bits per heavy atom. The van der Waals surface area contributed by atoms with Crippen LogP contribution < -0.4 is 16.4 Å². The summed E-state index contributed by atoms with van der Waals surface area (Å²) in [7, 11) is 0. The summed E-state index contributed by atoms with van der Waals surface area (Å²) in [6.07, 6.45) is 2.72. The molecule has 1 unspecified atom stereocenters. The summed E-state index contributed by atoms with van der Waals surface area (Å²) in [5.74, 6) is 1.11. The number of nitrogens with zero attached hydrogens (tertiary/aromatic N) is 4. The number of aliphatic hydroxyl groups excluding tert-OH is 1. The van der Waals surface area contributed by atoms with Gasteiger partial charge in [0.15, 0.2) is 0 Å². The van der Waals surface area contributed by atoms with Gasteiger partial charge in [-0.05, 0) is 57.5 Å². The minimum Gasteiger partial charge on any atom is -0.392 e. The lowest BCUT2D eigenvalue weighted by molar-refractivity contribution is 0.0706. The number of hydrogen-bond acceptors (Lipinski definition) is 6. The number of β-amino-alcohol motifs (C(OH)–C–C–N with tert-alkyl or cyclic N) is 1. The van der Waals surface area contributed by atoms with Crippen LogP contribution in [-0.4, -0.2) is 58.2 Å². The molecule has 8 nitrogen and oxygen atoms in total. The zero-order valence-corrected chi connectivity index (χ0v) is 18.4. The lowest BCUT2D eigenvalue weighted by Gasteiger charge is -2.29. The zero-order valence-electron chi connectivity index (χ0n) is 16.9. The number of halogens is 2. The number of piperidine rings is 1. The van der Waals surface area contributed by atoms with E-state index in [0.717, 1.165) is 51.1 Å². The third-order valence-corrected chi connectivity index (χ3v) is 5.43. The average Bonchev–Trinajstić information content (AvgIpc) is 2.68. The highest BCUT2D eigenvalue weighted by Crippen LogP contribution is 2.25. The summed E-state index contributed by atoms with van der Waals surface area (Å²) in [6, 6.07) is 6.96. The van der Waals surface area contributed by atoms with Crippen LogP contribution in [0.2, 0.25) is 10.0 Å². The molecule has 1 aromatic carbocycles. The second kappa shape index (κ2) is 10.8. The number of nitrogens with two attached hydrogens (primary N) is 1. The molecule has 0 radical (unpaired) electrons. The van der Waals surface area contributed by atoms with Gasteiger partial charge in [-0.25, -0.2) is 4.98 Å². The van der Waals surface area contributed by atoms with Gasteiger partial charge in [0, 0.05) is 30.5 Å². The molecule has 1 aliphatic rings. The smallest absolute Gasteiger partial charge is 0.254 e. The maximum Gasteiger partial charge on any atom is 0.254 e. The molecular weight excluding hydrogens is 425 g/mol. The number of benzene rings is 1. The Balaban J connectivity index is 1.54. The first-order valence-electron chi connectivity index (χ1n) is 9.95. The van der Waals surface area contributed by atoms with Gasteiger partial charge in [0.25, 0.3) is 5.95 Å². The van der Waals surface area contributed by atoms with Gasteiger partial charge < -0.3 is 26.4 Å².